The molecule has 6 heteroatoms. The van der Waals surface area contributed by atoms with Crippen LogP contribution in [0.15, 0.2) is 60.8 Å². The van der Waals surface area contributed by atoms with Crippen molar-refractivity contribution < 1.29 is 14.3 Å². The fourth-order valence-corrected chi connectivity index (χ4v) is 6.15. The summed E-state index contributed by atoms with van der Waals surface area (Å²) in [5.74, 6) is 0.323. The highest BCUT2D eigenvalue weighted by atomic mass is 16.6. The molecule has 2 aliphatic heterocycles. The first-order chi connectivity index (χ1) is 17.6. The molecular formula is C30H31N3O3. The molecule has 0 aliphatic carbocycles. The third-order valence-electron chi connectivity index (χ3n) is 7.64. The van der Waals surface area contributed by atoms with Gasteiger partial charge in [-0.25, -0.2) is 9.78 Å². The first-order valence-corrected chi connectivity index (χ1v) is 12.9. The van der Waals surface area contributed by atoms with Crippen LogP contribution >= 0.6 is 0 Å². The number of aryl methyl sites for hydroxylation is 1. The summed E-state index contributed by atoms with van der Waals surface area (Å²) in [6, 6.07) is 18.5. The van der Waals surface area contributed by atoms with Crippen molar-refractivity contribution in [2.45, 2.75) is 45.8 Å². The van der Waals surface area contributed by atoms with Crippen LogP contribution in [0.25, 0.3) is 10.9 Å². The lowest BCUT2D eigenvalue weighted by Gasteiger charge is -2.32. The maximum atomic E-state index is 13.4. The van der Waals surface area contributed by atoms with E-state index in [1.807, 2.05) is 25.1 Å². The number of pyridine rings is 1. The summed E-state index contributed by atoms with van der Waals surface area (Å²) < 4.78 is 15.1. The molecule has 1 unspecified atom stereocenters. The van der Waals surface area contributed by atoms with Crippen molar-refractivity contribution in [2.75, 3.05) is 24.6 Å². The van der Waals surface area contributed by atoms with Crippen LogP contribution in [0.1, 0.15) is 59.6 Å². The predicted molar refractivity (Wildman–Crippen MR) is 141 cm³/mol. The Kier molecular flexibility index (Phi) is 5.47. The monoisotopic (exact) mass is 481 g/mol. The third kappa shape index (κ3) is 3.16. The Bertz CT molecular complexity index is 1470. The average Bonchev–Trinajstić information content (AvgIpc) is 3.60. The minimum Gasteiger partial charge on any atom is -0.493 e. The zero-order valence-electron chi connectivity index (χ0n) is 21.1. The zero-order valence-corrected chi connectivity index (χ0v) is 21.1. The number of fused-ring (bicyclic) bond motifs is 2. The normalized spacial score (nSPS) is 19.1. The second-order valence-corrected chi connectivity index (χ2v) is 9.50. The average molecular weight is 482 g/mol. The first-order valence-electron chi connectivity index (χ1n) is 12.9. The van der Waals surface area contributed by atoms with E-state index < -0.39 is 11.6 Å². The summed E-state index contributed by atoms with van der Waals surface area (Å²) in [6.45, 7) is 9.65. The molecule has 2 aliphatic rings. The summed E-state index contributed by atoms with van der Waals surface area (Å²) in [5, 5.41) is 1.06. The largest absolute Gasteiger partial charge is 0.493 e. The van der Waals surface area contributed by atoms with E-state index >= 15 is 0 Å². The van der Waals surface area contributed by atoms with E-state index in [-0.39, 0.29) is 0 Å². The quantitative estimate of drug-likeness (QED) is 0.325. The SMILES string of the molecule is CCOc1cc(N2CCCC2)ccc1C1(c2c(C)n(CC)c3ccccc23)OC(=O)c2ncccc21. The third-order valence-corrected chi connectivity index (χ3v) is 7.64. The van der Waals surface area contributed by atoms with Crippen molar-refractivity contribution in [2.24, 2.45) is 0 Å². The molecule has 2 aromatic heterocycles. The van der Waals surface area contributed by atoms with Crippen molar-refractivity contribution >= 4 is 22.6 Å². The number of hydrogen-bond donors (Lipinski definition) is 0. The molecule has 0 amide bonds. The molecule has 4 heterocycles. The fourth-order valence-electron chi connectivity index (χ4n) is 6.15. The lowest BCUT2D eigenvalue weighted by Crippen LogP contribution is -2.31. The number of ether oxygens (including phenoxy) is 2. The Morgan fingerprint density at radius 3 is 2.61 bits per heavy atom. The van der Waals surface area contributed by atoms with Crippen LogP contribution < -0.4 is 9.64 Å². The van der Waals surface area contributed by atoms with Gasteiger partial charge in [0.15, 0.2) is 11.3 Å². The molecule has 184 valence electrons. The number of carbonyl (C=O) groups is 1. The maximum absolute atomic E-state index is 13.4. The van der Waals surface area contributed by atoms with Crippen LogP contribution in [-0.4, -0.2) is 35.2 Å². The maximum Gasteiger partial charge on any atom is 0.358 e. The van der Waals surface area contributed by atoms with E-state index in [9.17, 15) is 4.79 Å². The molecule has 2 aromatic carbocycles. The summed E-state index contributed by atoms with van der Waals surface area (Å²) in [5.41, 5.74) is 5.06. The van der Waals surface area contributed by atoms with Gasteiger partial charge in [0, 0.05) is 70.9 Å². The number of rotatable bonds is 6. The van der Waals surface area contributed by atoms with Crippen LogP contribution in [0, 0.1) is 6.92 Å². The van der Waals surface area contributed by atoms with Crippen molar-refractivity contribution in [3.63, 3.8) is 0 Å². The number of anilines is 1. The predicted octanol–water partition coefficient (Wildman–Crippen LogP) is 5.83. The summed E-state index contributed by atoms with van der Waals surface area (Å²) in [7, 11) is 0. The van der Waals surface area contributed by atoms with Gasteiger partial charge in [-0.2, -0.15) is 0 Å². The molecule has 36 heavy (non-hydrogen) atoms. The molecule has 6 rings (SSSR count). The highest BCUT2D eigenvalue weighted by Crippen LogP contribution is 2.53. The number of carbonyl (C=O) groups excluding carboxylic acids is 1. The molecule has 1 fully saturated rings. The molecule has 0 N–H and O–H groups in total. The number of cyclic esters (lactones) is 1. The smallest absolute Gasteiger partial charge is 0.358 e. The van der Waals surface area contributed by atoms with Gasteiger partial charge in [0.1, 0.15) is 5.75 Å². The lowest BCUT2D eigenvalue weighted by atomic mass is 9.78. The number of para-hydroxylation sites is 1. The Balaban J connectivity index is 1.70. The molecule has 6 nitrogen and oxygen atoms in total. The van der Waals surface area contributed by atoms with Gasteiger partial charge in [-0.05, 0) is 57.9 Å². The number of esters is 1. The fraction of sp³-hybridized carbons (Fsp3) is 0.333. The van der Waals surface area contributed by atoms with Crippen molar-refractivity contribution in [3.05, 3.63) is 88.9 Å². The van der Waals surface area contributed by atoms with Crippen LogP contribution in [0.2, 0.25) is 0 Å². The summed E-state index contributed by atoms with van der Waals surface area (Å²) in [6.07, 6.45) is 4.04. The highest BCUT2D eigenvalue weighted by molar-refractivity contribution is 5.97. The van der Waals surface area contributed by atoms with E-state index in [1.54, 1.807) is 6.20 Å². The van der Waals surface area contributed by atoms with Crippen molar-refractivity contribution in [3.8, 4) is 5.75 Å². The van der Waals surface area contributed by atoms with E-state index in [1.165, 1.54) is 12.8 Å². The van der Waals surface area contributed by atoms with E-state index in [0.29, 0.717) is 12.3 Å². The van der Waals surface area contributed by atoms with Crippen molar-refractivity contribution in [1.29, 1.82) is 0 Å². The lowest BCUT2D eigenvalue weighted by molar-refractivity contribution is 0.0243. The standard InChI is InChI=1S/C30H31N3O3/c1-4-33-20(3)27(22-11-6-7-13-25(22)33)30(24-12-10-16-31-28(24)29(34)36-30)23-15-14-21(19-26(23)35-5-2)32-17-8-9-18-32/h6-7,10-16,19H,4-5,8-9,17-18H2,1-3H3. The summed E-state index contributed by atoms with van der Waals surface area (Å²) >= 11 is 0. The number of hydrogen-bond acceptors (Lipinski definition) is 5. The van der Waals surface area contributed by atoms with E-state index in [4.69, 9.17) is 9.47 Å². The molecule has 0 saturated carbocycles. The molecule has 0 spiro atoms. The Labute approximate surface area is 211 Å². The van der Waals surface area contributed by atoms with Gasteiger partial charge in [0.05, 0.1) is 6.61 Å². The van der Waals surface area contributed by atoms with Gasteiger partial charge in [0.2, 0.25) is 0 Å². The molecule has 1 atom stereocenters. The second-order valence-electron chi connectivity index (χ2n) is 9.50. The minimum atomic E-state index is -1.17. The molecule has 4 aromatic rings. The van der Waals surface area contributed by atoms with E-state index in [2.05, 4.69) is 64.7 Å². The highest BCUT2D eigenvalue weighted by Gasteiger charge is 2.53. The number of aromatic nitrogens is 2. The number of benzene rings is 2. The summed E-state index contributed by atoms with van der Waals surface area (Å²) in [4.78, 5) is 20.2. The Morgan fingerprint density at radius 2 is 1.83 bits per heavy atom. The minimum absolute atomic E-state index is 0.358. The van der Waals surface area contributed by atoms with Crippen LogP contribution in [0.5, 0.6) is 5.75 Å². The topological polar surface area (TPSA) is 56.6 Å². The number of nitrogens with zero attached hydrogens (tertiary/aromatic N) is 3. The van der Waals surface area contributed by atoms with Crippen molar-refractivity contribution in [1.82, 2.24) is 9.55 Å². The van der Waals surface area contributed by atoms with E-state index in [0.717, 1.165) is 64.4 Å². The van der Waals surface area contributed by atoms with Gasteiger partial charge in [-0.3, -0.25) is 0 Å². The van der Waals surface area contributed by atoms with Crippen LogP contribution in [0.3, 0.4) is 0 Å². The molecule has 0 bridgehead atoms. The van der Waals surface area contributed by atoms with Gasteiger partial charge < -0.3 is 18.9 Å². The Morgan fingerprint density at radius 1 is 1.03 bits per heavy atom. The molecule has 1 saturated heterocycles. The Hall–Kier alpha value is -3.80. The molecule has 0 radical (unpaired) electrons. The van der Waals surface area contributed by atoms with Gasteiger partial charge >= 0.3 is 5.97 Å². The van der Waals surface area contributed by atoms with Gasteiger partial charge in [0.25, 0.3) is 0 Å². The van der Waals surface area contributed by atoms with Crippen LogP contribution in [-0.2, 0) is 16.9 Å². The van der Waals surface area contributed by atoms with Crippen LogP contribution in [0.4, 0.5) is 5.69 Å². The first kappa shape index (κ1) is 22.7. The van der Waals surface area contributed by atoms with Gasteiger partial charge in [-0.1, -0.05) is 24.3 Å². The zero-order chi connectivity index (χ0) is 24.9. The van der Waals surface area contributed by atoms with Gasteiger partial charge in [-0.15, -0.1) is 0 Å². The molecular weight excluding hydrogens is 450 g/mol. The second kappa shape index (κ2) is 8.70.